The van der Waals surface area contributed by atoms with E-state index in [2.05, 4.69) is 42.5 Å². The van der Waals surface area contributed by atoms with Crippen molar-refractivity contribution in [2.75, 3.05) is 25.6 Å². The van der Waals surface area contributed by atoms with Gasteiger partial charge in [0.1, 0.15) is 36.3 Å². The number of fused-ring (bicyclic) bond motifs is 2. The number of nitrogens with zero attached hydrogens (tertiary/aromatic N) is 2. The molecule has 2 aromatic rings. The molecule has 0 aromatic heterocycles. The molecule has 11 atom stereocenters. The lowest BCUT2D eigenvalue weighted by Crippen LogP contribution is -2.61. The van der Waals surface area contributed by atoms with Gasteiger partial charge in [-0.1, -0.05) is 120 Å². The van der Waals surface area contributed by atoms with E-state index in [0.29, 0.717) is 66.9 Å². The van der Waals surface area contributed by atoms with Crippen LogP contribution in [-0.2, 0) is 28.8 Å². The molecule has 1 aliphatic carbocycles. The van der Waals surface area contributed by atoms with Crippen molar-refractivity contribution in [2.45, 2.75) is 177 Å². The van der Waals surface area contributed by atoms with Gasteiger partial charge in [0.05, 0.1) is 32.8 Å². The van der Waals surface area contributed by atoms with Crippen LogP contribution in [0.3, 0.4) is 0 Å². The zero-order valence-electron chi connectivity index (χ0n) is 44.3. The van der Waals surface area contributed by atoms with Gasteiger partial charge in [0.15, 0.2) is 0 Å². The molecule has 6 amide bonds. The molecule has 8 N–H and O–H groups in total. The molecular weight excluding hydrogens is 1010 g/mol. The molecule has 1 saturated carbocycles. The van der Waals surface area contributed by atoms with Crippen molar-refractivity contribution in [2.24, 2.45) is 10.8 Å². The quantitative estimate of drug-likeness (QED) is 0.102. The summed E-state index contributed by atoms with van der Waals surface area (Å²) in [6, 6.07) is 13.2. The molecule has 404 valence electrons. The van der Waals surface area contributed by atoms with E-state index in [-0.39, 0.29) is 64.5 Å². The highest BCUT2D eigenvalue weighted by atomic mass is 32.2. The summed E-state index contributed by atoms with van der Waals surface area (Å²) in [5.74, 6) is -0.749. The number of amides is 6. The van der Waals surface area contributed by atoms with Crippen LogP contribution < -0.4 is 42.5 Å². The SMILES string of the molecule is CN[C@@H](C)C(=S)N[C@H]1CCS[C@H]2CC(C)(C)[C@@H](C(=O)N[C@@H](C(=O)NC3CCC(NC(=O)[C@@H](NC(=O)[C@H]4N5C(=O)[C@H](NC(=S)[C@H](C)NC)CCS[C@H]5CC4(C)C)C(C)c4ccccc4)CC3)c3ccccc3)N2C1=O. The smallest absolute Gasteiger partial charge is 0.247 e. The van der Waals surface area contributed by atoms with E-state index in [1.165, 1.54) is 0 Å². The van der Waals surface area contributed by atoms with Crippen LogP contribution in [0, 0.1) is 10.8 Å². The van der Waals surface area contributed by atoms with Crippen molar-refractivity contribution < 1.29 is 28.8 Å². The number of nitrogens with one attached hydrogen (secondary N) is 8. The minimum atomic E-state index is -1.03. The molecule has 74 heavy (non-hydrogen) atoms. The van der Waals surface area contributed by atoms with Crippen molar-refractivity contribution in [1.82, 2.24) is 52.3 Å². The second kappa shape index (κ2) is 24.8. The highest BCUT2D eigenvalue weighted by Crippen LogP contribution is 2.48. The van der Waals surface area contributed by atoms with Crippen molar-refractivity contribution in [3.8, 4) is 0 Å². The first-order valence-corrected chi connectivity index (χ1v) is 29.2. The zero-order chi connectivity index (χ0) is 53.6. The van der Waals surface area contributed by atoms with Crippen LogP contribution in [0.4, 0.5) is 0 Å². The zero-order valence-corrected chi connectivity index (χ0v) is 47.6. The Morgan fingerprint density at radius 3 is 1.42 bits per heavy atom. The van der Waals surface area contributed by atoms with Crippen LogP contribution in [0.2, 0.25) is 0 Å². The number of benzene rings is 2. The maximum absolute atomic E-state index is 14.8. The Bertz CT molecular complexity index is 2370. The van der Waals surface area contributed by atoms with Gasteiger partial charge >= 0.3 is 0 Å². The minimum Gasteiger partial charge on any atom is -0.367 e. The average molecular weight is 1090 g/mol. The molecule has 0 radical (unpaired) electrons. The van der Waals surface area contributed by atoms with E-state index in [1.807, 2.05) is 123 Å². The molecule has 2 aromatic carbocycles. The number of hydrogen-bond donors (Lipinski definition) is 8. The fraction of sp³-hybridized carbons (Fsp3) is 0.630. The molecule has 5 aliphatic rings. The maximum Gasteiger partial charge on any atom is 0.247 e. The summed E-state index contributed by atoms with van der Waals surface area (Å²) < 4.78 is 0. The molecule has 4 saturated heterocycles. The highest BCUT2D eigenvalue weighted by Gasteiger charge is 2.56. The first-order valence-electron chi connectivity index (χ1n) is 26.3. The van der Waals surface area contributed by atoms with Gasteiger partial charge in [0, 0.05) is 18.0 Å². The predicted octanol–water partition coefficient (Wildman–Crippen LogP) is 4.64. The van der Waals surface area contributed by atoms with Crippen LogP contribution in [0.1, 0.15) is 123 Å². The predicted molar refractivity (Wildman–Crippen MR) is 302 cm³/mol. The van der Waals surface area contributed by atoms with E-state index >= 15 is 0 Å². The monoisotopic (exact) mass is 1090 g/mol. The van der Waals surface area contributed by atoms with Crippen LogP contribution in [0.5, 0.6) is 0 Å². The number of thiocarbonyl (C=S) groups is 2. The van der Waals surface area contributed by atoms with Gasteiger partial charge < -0.3 is 52.3 Å². The molecule has 16 nitrogen and oxygen atoms in total. The summed E-state index contributed by atoms with van der Waals surface area (Å²) in [5, 5.41) is 25.1. The molecule has 0 bridgehead atoms. The summed E-state index contributed by atoms with van der Waals surface area (Å²) >= 11 is 14.6. The standard InChI is InChI=1S/C54H78N10O6S4/c1-30(33-16-12-10-13-17-33)41(61-47(67)43-53(4,5)28-39-63(43)51(69)37(24-26-73-39)59-49(71)31(2)55-8)45(65)57-35-20-22-36(23-21-35)58-46(66)42(34-18-14-11-15-19-34)62-48(68)44-54(6,7)29-40-64(44)52(70)38(25-27-74-40)60-50(72)32(3)56-9/h10-19,30-32,35-44,55-56H,20-29H2,1-9H3,(H,57,65)(H,58,66)(H,59,71)(H,60,72)(H,61,67)(H,62,68)/t30?,31-,32-,35?,36?,37+,38-,39-,40-,41-,42+,43+,44+/m0/s1. The topological polar surface area (TPSA) is 205 Å². The molecule has 1 unspecified atom stereocenters. The Hall–Kier alpha value is -4.34. The largest absolute Gasteiger partial charge is 0.367 e. The van der Waals surface area contributed by atoms with Crippen LogP contribution >= 0.6 is 48.0 Å². The number of rotatable bonds is 17. The normalized spacial score (nSPS) is 28.3. The highest BCUT2D eigenvalue weighted by molar-refractivity contribution is 8.00. The van der Waals surface area contributed by atoms with Crippen LogP contribution in [-0.4, -0.2) is 146 Å². The van der Waals surface area contributed by atoms with Crippen molar-refractivity contribution in [1.29, 1.82) is 0 Å². The third-order valence-electron chi connectivity index (χ3n) is 15.9. The van der Waals surface area contributed by atoms with E-state index in [4.69, 9.17) is 24.4 Å². The molecule has 0 spiro atoms. The minimum absolute atomic E-state index is 0.134. The Morgan fingerprint density at radius 1 is 0.581 bits per heavy atom. The van der Waals surface area contributed by atoms with Gasteiger partial charge in [0.25, 0.3) is 0 Å². The van der Waals surface area contributed by atoms with Gasteiger partial charge in [-0.05, 0) is 113 Å². The summed E-state index contributed by atoms with van der Waals surface area (Å²) in [6.07, 6.45) is 4.64. The second-order valence-corrected chi connectivity index (χ2v) is 25.6. The second-order valence-electron chi connectivity index (χ2n) is 22.2. The van der Waals surface area contributed by atoms with E-state index in [0.717, 1.165) is 17.1 Å². The Kier molecular flexibility index (Phi) is 19.2. The van der Waals surface area contributed by atoms with Crippen molar-refractivity contribution in [3.63, 3.8) is 0 Å². The summed E-state index contributed by atoms with van der Waals surface area (Å²) in [7, 11) is 3.62. The first kappa shape index (κ1) is 57.4. The third-order valence-corrected chi connectivity index (χ3v) is 19.3. The molecule has 4 heterocycles. The number of carbonyl (C=O) groups excluding carboxylic acids is 6. The number of hydrogen-bond acceptors (Lipinski definition) is 12. The molecule has 5 fully saturated rings. The average Bonchev–Trinajstić information content (AvgIpc) is 3.70. The molecular formula is C54H78N10O6S4. The van der Waals surface area contributed by atoms with Crippen molar-refractivity contribution >= 4 is 93.4 Å². The number of likely N-dealkylation sites (N-methyl/N-ethyl adjacent to an activating group) is 2. The van der Waals surface area contributed by atoms with Crippen molar-refractivity contribution in [3.05, 3.63) is 71.8 Å². The molecule has 20 heteroatoms. The van der Waals surface area contributed by atoms with Crippen LogP contribution in [0.25, 0.3) is 0 Å². The number of carbonyl (C=O) groups is 6. The van der Waals surface area contributed by atoms with E-state index in [9.17, 15) is 28.8 Å². The molecule has 4 aliphatic heterocycles. The third kappa shape index (κ3) is 13.1. The molecule has 7 rings (SSSR count). The Morgan fingerprint density at radius 2 is 0.986 bits per heavy atom. The lowest BCUT2D eigenvalue weighted by Gasteiger charge is -2.37. The van der Waals surface area contributed by atoms with E-state index < -0.39 is 58.9 Å². The fourth-order valence-corrected chi connectivity index (χ4v) is 15.0. The van der Waals surface area contributed by atoms with Gasteiger partial charge in [-0.25, -0.2) is 0 Å². The lowest BCUT2D eigenvalue weighted by atomic mass is 9.83. The summed E-state index contributed by atoms with van der Waals surface area (Å²) in [5.41, 5.74) is 0.337. The Labute approximate surface area is 457 Å². The fourth-order valence-electron chi connectivity index (χ4n) is 11.3. The first-order chi connectivity index (χ1) is 35.1. The van der Waals surface area contributed by atoms with Gasteiger partial charge in [0.2, 0.25) is 35.4 Å². The summed E-state index contributed by atoms with van der Waals surface area (Å²) in [4.78, 5) is 91.8. The lowest BCUT2D eigenvalue weighted by molar-refractivity contribution is -0.143. The Balaban J connectivity index is 1.02. The maximum atomic E-state index is 14.8. The van der Waals surface area contributed by atoms with Gasteiger partial charge in [-0.3, -0.25) is 28.8 Å². The number of thioether (sulfide) groups is 2. The van der Waals surface area contributed by atoms with E-state index in [1.54, 1.807) is 33.3 Å². The van der Waals surface area contributed by atoms with Crippen LogP contribution in [0.15, 0.2) is 60.7 Å². The summed E-state index contributed by atoms with van der Waals surface area (Å²) in [6.45, 7) is 13.8. The van der Waals surface area contributed by atoms with Gasteiger partial charge in [-0.15, -0.1) is 23.5 Å². The van der Waals surface area contributed by atoms with Gasteiger partial charge in [-0.2, -0.15) is 0 Å².